The Morgan fingerprint density at radius 1 is 1.07 bits per heavy atom. The van der Waals surface area contributed by atoms with Gasteiger partial charge in [0.05, 0.1) is 12.1 Å². The summed E-state index contributed by atoms with van der Waals surface area (Å²) in [5.41, 5.74) is 1.39. The average Bonchev–Trinajstić information content (AvgIpc) is 3.17. The van der Waals surface area contributed by atoms with Gasteiger partial charge < -0.3 is 16.0 Å². The van der Waals surface area contributed by atoms with E-state index in [2.05, 4.69) is 16.0 Å². The maximum atomic E-state index is 14.0. The van der Waals surface area contributed by atoms with E-state index in [1.807, 2.05) is 30.3 Å². The molecule has 28 heavy (non-hydrogen) atoms. The monoisotopic (exact) mass is 405 g/mol. The Kier molecular flexibility index (Phi) is 8.42. The normalized spacial score (nSPS) is 15.5. The van der Waals surface area contributed by atoms with E-state index < -0.39 is 5.82 Å². The lowest BCUT2D eigenvalue weighted by atomic mass is 10.0. The van der Waals surface area contributed by atoms with Crippen molar-refractivity contribution in [2.24, 2.45) is 5.92 Å². The van der Waals surface area contributed by atoms with Crippen molar-refractivity contribution in [3.63, 3.8) is 0 Å². The number of rotatable bonds is 7. The highest BCUT2D eigenvalue weighted by Gasteiger charge is 2.16. The number of carbonyl (C=O) groups excluding carboxylic acids is 2. The van der Waals surface area contributed by atoms with Gasteiger partial charge in [0.15, 0.2) is 0 Å². The van der Waals surface area contributed by atoms with Gasteiger partial charge in [0.2, 0.25) is 11.8 Å². The number of anilines is 2. The van der Waals surface area contributed by atoms with Gasteiger partial charge in [-0.2, -0.15) is 0 Å². The van der Waals surface area contributed by atoms with Crippen LogP contribution < -0.4 is 16.0 Å². The minimum absolute atomic E-state index is 0. The van der Waals surface area contributed by atoms with Gasteiger partial charge >= 0.3 is 0 Å². The molecule has 2 aromatic rings. The fraction of sp³-hybridized carbons (Fsp3) is 0.333. The number of halogens is 2. The highest BCUT2D eigenvalue weighted by molar-refractivity contribution is 5.95. The van der Waals surface area contributed by atoms with Crippen LogP contribution in [0.2, 0.25) is 0 Å². The molecule has 2 aromatic carbocycles. The Labute approximate surface area is 170 Å². The zero-order chi connectivity index (χ0) is 19.1. The smallest absolute Gasteiger partial charge is 0.228 e. The highest BCUT2D eigenvalue weighted by atomic mass is 35.5. The van der Waals surface area contributed by atoms with E-state index >= 15 is 0 Å². The van der Waals surface area contributed by atoms with Crippen LogP contribution in [0.4, 0.5) is 15.8 Å². The SMILES string of the molecule is Cl.O=C(CCC1CCNC1)Nc1ccc(F)c(NC(=O)Cc2ccccc2)c1. The Morgan fingerprint density at radius 3 is 2.57 bits per heavy atom. The van der Waals surface area contributed by atoms with Crippen LogP contribution in [0.25, 0.3) is 0 Å². The molecule has 0 radical (unpaired) electrons. The second-order valence-corrected chi connectivity index (χ2v) is 6.85. The number of amides is 2. The largest absolute Gasteiger partial charge is 0.326 e. The van der Waals surface area contributed by atoms with Crippen molar-refractivity contribution in [2.75, 3.05) is 23.7 Å². The molecule has 0 bridgehead atoms. The van der Waals surface area contributed by atoms with Gasteiger partial charge in [-0.25, -0.2) is 4.39 Å². The van der Waals surface area contributed by atoms with Crippen LogP contribution in [0.5, 0.6) is 0 Å². The second-order valence-electron chi connectivity index (χ2n) is 6.85. The van der Waals surface area contributed by atoms with Crippen molar-refractivity contribution < 1.29 is 14.0 Å². The summed E-state index contributed by atoms with van der Waals surface area (Å²) in [7, 11) is 0. The average molecular weight is 406 g/mol. The highest BCUT2D eigenvalue weighted by Crippen LogP contribution is 2.21. The molecule has 1 atom stereocenters. The molecule has 3 rings (SSSR count). The topological polar surface area (TPSA) is 70.2 Å². The van der Waals surface area contributed by atoms with E-state index in [1.165, 1.54) is 18.2 Å². The van der Waals surface area contributed by atoms with E-state index in [0.29, 0.717) is 18.0 Å². The van der Waals surface area contributed by atoms with Gasteiger partial charge in [-0.05, 0) is 55.6 Å². The first kappa shape index (κ1) is 21.9. The number of hydrogen-bond acceptors (Lipinski definition) is 3. The third kappa shape index (κ3) is 6.62. The van der Waals surface area contributed by atoms with Gasteiger partial charge in [0.1, 0.15) is 5.82 Å². The standard InChI is InChI=1S/C21H24FN3O2.ClH/c22-18-8-7-17(24-20(26)9-6-16-10-11-23-14-16)13-19(18)25-21(27)12-15-4-2-1-3-5-15;/h1-5,7-8,13,16,23H,6,9-12,14H2,(H,24,26)(H,25,27);1H. The lowest BCUT2D eigenvalue weighted by Crippen LogP contribution is -2.17. The zero-order valence-corrected chi connectivity index (χ0v) is 16.4. The van der Waals surface area contributed by atoms with E-state index in [0.717, 1.165) is 31.5 Å². The molecule has 1 fully saturated rings. The minimum Gasteiger partial charge on any atom is -0.326 e. The van der Waals surface area contributed by atoms with Crippen molar-refractivity contribution in [2.45, 2.75) is 25.7 Å². The molecule has 0 spiro atoms. The third-order valence-electron chi connectivity index (χ3n) is 4.67. The van der Waals surface area contributed by atoms with Crippen LogP contribution in [0, 0.1) is 11.7 Å². The minimum atomic E-state index is -0.536. The number of nitrogens with one attached hydrogen (secondary N) is 3. The lowest BCUT2D eigenvalue weighted by molar-refractivity contribution is -0.116. The summed E-state index contributed by atoms with van der Waals surface area (Å²) >= 11 is 0. The van der Waals surface area contributed by atoms with Gasteiger partial charge in [0, 0.05) is 12.1 Å². The summed E-state index contributed by atoms with van der Waals surface area (Å²) in [6, 6.07) is 13.4. The van der Waals surface area contributed by atoms with Crippen LogP contribution in [0.15, 0.2) is 48.5 Å². The van der Waals surface area contributed by atoms with Crippen LogP contribution in [-0.2, 0) is 16.0 Å². The van der Waals surface area contributed by atoms with Crippen molar-refractivity contribution in [3.05, 3.63) is 59.9 Å². The van der Waals surface area contributed by atoms with Crippen LogP contribution in [0.3, 0.4) is 0 Å². The van der Waals surface area contributed by atoms with Crippen molar-refractivity contribution in [1.29, 1.82) is 0 Å². The maximum Gasteiger partial charge on any atom is 0.228 e. The fourth-order valence-electron chi connectivity index (χ4n) is 3.19. The quantitative estimate of drug-likeness (QED) is 0.657. The zero-order valence-electron chi connectivity index (χ0n) is 15.5. The molecule has 1 saturated heterocycles. The van der Waals surface area contributed by atoms with E-state index in [4.69, 9.17) is 0 Å². The molecule has 1 aliphatic heterocycles. The van der Waals surface area contributed by atoms with E-state index in [-0.39, 0.29) is 36.3 Å². The second kappa shape index (κ2) is 10.8. The summed E-state index contributed by atoms with van der Waals surface area (Å²) in [5, 5.41) is 8.64. The maximum absolute atomic E-state index is 14.0. The molecule has 1 aliphatic rings. The Hall–Kier alpha value is -2.44. The number of hydrogen-bond donors (Lipinski definition) is 3. The summed E-state index contributed by atoms with van der Waals surface area (Å²) < 4.78 is 14.0. The molecule has 1 heterocycles. The van der Waals surface area contributed by atoms with Crippen molar-refractivity contribution in [1.82, 2.24) is 5.32 Å². The molecule has 0 saturated carbocycles. The Bertz CT molecular complexity index is 795. The molecule has 5 nitrogen and oxygen atoms in total. The molecule has 2 amide bonds. The molecular weight excluding hydrogens is 381 g/mol. The Balaban J connectivity index is 0.00000280. The summed E-state index contributed by atoms with van der Waals surface area (Å²) in [6.07, 6.45) is 2.52. The van der Waals surface area contributed by atoms with Gasteiger partial charge in [-0.1, -0.05) is 30.3 Å². The molecule has 3 N–H and O–H groups in total. The molecule has 1 unspecified atom stereocenters. The van der Waals surface area contributed by atoms with E-state index in [9.17, 15) is 14.0 Å². The lowest BCUT2D eigenvalue weighted by Gasteiger charge is -2.11. The first-order valence-corrected chi connectivity index (χ1v) is 9.24. The van der Waals surface area contributed by atoms with Gasteiger partial charge in [-0.15, -0.1) is 12.4 Å². The predicted octanol–water partition coefficient (Wildman–Crippen LogP) is 3.76. The van der Waals surface area contributed by atoms with Crippen molar-refractivity contribution >= 4 is 35.6 Å². The number of benzene rings is 2. The molecule has 150 valence electrons. The summed E-state index contributed by atoms with van der Waals surface area (Å²) in [4.78, 5) is 24.3. The summed E-state index contributed by atoms with van der Waals surface area (Å²) in [5.74, 6) is -0.407. The molecule has 0 aliphatic carbocycles. The van der Waals surface area contributed by atoms with E-state index in [1.54, 1.807) is 0 Å². The van der Waals surface area contributed by atoms with Crippen molar-refractivity contribution in [3.8, 4) is 0 Å². The van der Waals surface area contributed by atoms with Gasteiger partial charge in [0.25, 0.3) is 0 Å². The first-order valence-electron chi connectivity index (χ1n) is 9.24. The number of carbonyl (C=O) groups is 2. The van der Waals surface area contributed by atoms with Crippen LogP contribution >= 0.6 is 12.4 Å². The molecule has 0 aromatic heterocycles. The summed E-state index contributed by atoms with van der Waals surface area (Å²) in [6.45, 7) is 1.97. The Morgan fingerprint density at radius 2 is 1.86 bits per heavy atom. The fourth-order valence-corrected chi connectivity index (χ4v) is 3.19. The van der Waals surface area contributed by atoms with Gasteiger partial charge in [-0.3, -0.25) is 9.59 Å². The van der Waals surface area contributed by atoms with Crippen LogP contribution in [-0.4, -0.2) is 24.9 Å². The predicted molar refractivity (Wildman–Crippen MR) is 111 cm³/mol. The molecular formula is C21H25ClFN3O2. The first-order chi connectivity index (χ1) is 13.1. The molecule has 7 heteroatoms. The third-order valence-corrected chi connectivity index (χ3v) is 4.67. The van der Waals surface area contributed by atoms with Crippen LogP contribution in [0.1, 0.15) is 24.8 Å².